The quantitative estimate of drug-likeness (QED) is 0.502. The second-order valence-electron chi connectivity index (χ2n) is 4.40. The molecule has 0 fully saturated rings. The monoisotopic (exact) mass is 350 g/mol. The van der Waals surface area contributed by atoms with Gasteiger partial charge in [-0.2, -0.15) is 35.9 Å². The summed E-state index contributed by atoms with van der Waals surface area (Å²) in [5.41, 5.74) is 5.51. The minimum absolute atomic E-state index is 0. The number of benzene rings is 2. The molecule has 2 aromatic rings. The zero-order valence-corrected chi connectivity index (χ0v) is 13.9. The van der Waals surface area contributed by atoms with Crippen molar-refractivity contribution in [3.63, 3.8) is 0 Å². The average molecular weight is 352 g/mol. The van der Waals surface area contributed by atoms with E-state index in [1.165, 1.54) is 46.5 Å². The molecule has 0 bridgehead atoms. The minimum atomic E-state index is 0. The Labute approximate surface area is 143 Å². The summed E-state index contributed by atoms with van der Waals surface area (Å²) in [7, 11) is 0. The largest absolute Gasteiger partial charge is 0.179 e. The molecule has 0 amide bonds. The zero-order chi connectivity index (χ0) is 14.2. The van der Waals surface area contributed by atoms with Crippen molar-refractivity contribution < 1.29 is 24.2 Å². The summed E-state index contributed by atoms with van der Waals surface area (Å²) in [5, 5.41) is 0. The number of allylic oxidation sites excluding steroid dienone is 4. The number of hydrogen-bond acceptors (Lipinski definition) is 0. The molecule has 2 aliphatic carbocycles. The van der Waals surface area contributed by atoms with Gasteiger partial charge in [-0.15, -0.1) is 12.0 Å². The molecule has 4 rings (SSSR count). The summed E-state index contributed by atoms with van der Waals surface area (Å²) < 4.78 is 3.34. The van der Waals surface area contributed by atoms with Gasteiger partial charge >= 0.3 is 28.4 Å². The van der Waals surface area contributed by atoms with Gasteiger partial charge in [-0.05, 0) is 6.42 Å². The molecule has 0 heterocycles. The zero-order valence-electron chi connectivity index (χ0n) is 11.4. The van der Waals surface area contributed by atoms with E-state index in [1.807, 2.05) is 18.2 Å². The van der Waals surface area contributed by atoms with Crippen molar-refractivity contribution >= 4 is 4.21 Å². The standard InChI is InChI=1S/C13H9.C5H5.CH4.CH2.Zr/c1-3-7-12-10(5-1)9-11-6-2-4-8-13(11)12;1-2-4-5-3-1;;;/h1-5,7-8H,9H2;1-3H,4H2;1H4;1H2;/q2*-1;;;+2. The fourth-order valence-corrected chi connectivity index (χ4v) is 2.34. The van der Waals surface area contributed by atoms with Crippen LogP contribution in [0.1, 0.15) is 25.0 Å². The van der Waals surface area contributed by atoms with Crippen LogP contribution in [0.2, 0.25) is 0 Å². The second kappa shape index (κ2) is 9.58. The van der Waals surface area contributed by atoms with E-state index in [0.29, 0.717) is 0 Å². The van der Waals surface area contributed by atoms with Crippen molar-refractivity contribution in [1.82, 2.24) is 0 Å². The van der Waals surface area contributed by atoms with Gasteiger partial charge in [-0.25, -0.2) is 12.2 Å². The van der Waals surface area contributed by atoms with Crippen LogP contribution < -0.4 is 0 Å². The second-order valence-corrected chi connectivity index (χ2v) is 4.40. The van der Waals surface area contributed by atoms with Crippen LogP contribution in [0.25, 0.3) is 11.1 Å². The molecule has 2 aromatic carbocycles. The fourth-order valence-electron chi connectivity index (χ4n) is 2.34. The minimum Gasteiger partial charge on any atom is -0.179 e. The third-order valence-corrected chi connectivity index (χ3v) is 3.20. The Bertz CT molecular complexity index is 570. The van der Waals surface area contributed by atoms with Gasteiger partial charge in [0.05, 0.1) is 0 Å². The average Bonchev–Trinajstić information content (AvgIpc) is 3.20. The Morgan fingerprint density at radius 1 is 1.00 bits per heavy atom. The van der Waals surface area contributed by atoms with Crippen molar-refractivity contribution in [3.8, 4) is 11.1 Å². The Hall–Kier alpha value is -1.33. The maximum absolute atomic E-state index is 3.34. The topological polar surface area (TPSA) is 0 Å². The van der Waals surface area contributed by atoms with Gasteiger partial charge in [0.25, 0.3) is 0 Å². The summed E-state index contributed by atoms with van der Waals surface area (Å²) in [6, 6.07) is 18.1. The molecule has 104 valence electrons. The first-order chi connectivity index (χ1) is 9.95. The molecule has 2 aliphatic rings. The van der Waals surface area contributed by atoms with Crippen LogP contribution in [0.3, 0.4) is 0 Å². The Balaban J connectivity index is 0.000000235. The van der Waals surface area contributed by atoms with Crippen LogP contribution in [0, 0.1) is 12.1 Å². The first-order valence-corrected chi connectivity index (χ1v) is 8.34. The van der Waals surface area contributed by atoms with E-state index in [-0.39, 0.29) is 7.43 Å². The van der Waals surface area contributed by atoms with E-state index < -0.39 is 0 Å². The van der Waals surface area contributed by atoms with Crippen LogP contribution in [-0.2, 0) is 30.7 Å². The van der Waals surface area contributed by atoms with Crippen molar-refractivity contribution in [1.29, 1.82) is 0 Å². The van der Waals surface area contributed by atoms with Crippen molar-refractivity contribution in [2.24, 2.45) is 0 Å². The summed E-state index contributed by atoms with van der Waals surface area (Å²) in [4.78, 5) is 0. The molecule has 1 heteroatoms. The Morgan fingerprint density at radius 2 is 1.76 bits per heavy atom. The molecule has 0 nitrogen and oxygen atoms in total. The Kier molecular flexibility index (Phi) is 8.09. The molecular formula is C20H20Zr. The van der Waals surface area contributed by atoms with Gasteiger partial charge in [0.15, 0.2) is 0 Å². The summed E-state index contributed by atoms with van der Waals surface area (Å²) in [6.07, 6.45) is 11.0. The van der Waals surface area contributed by atoms with Crippen molar-refractivity contribution in [2.75, 3.05) is 0 Å². The summed E-state index contributed by atoms with van der Waals surface area (Å²) >= 11 is 1.30. The number of rotatable bonds is 0. The molecule has 0 aliphatic heterocycles. The molecule has 0 N–H and O–H groups in total. The van der Waals surface area contributed by atoms with Gasteiger partial charge in [-0.1, -0.05) is 42.8 Å². The molecule has 21 heavy (non-hydrogen) atoms. The predicted octanol–water partition coefficient (Wildman–Crippen LogP) is 4.96. The van der Waals surface area contributed by atoms with E-state index in [4.69, 9.17) is 0 Å². The maximum Gasteiger partial charge on any atom is -0.0253 e. The Morgan fingerprint density at radius 3 is 2.43 bits per heavy atom. The van der Waals surface area contributed by atoms with E-state index in [9.17, 15) is 0 Å². The molecular weight excluding hydrogens is 331 g/mol. The van der Waals surface area contributed by atoms with Crippen molar-refractivity contribution in [3.05, 3.63) is 84.0 Å². The SMILES string of the molecule is C.[C-]1=CC=CC1.[CH2]=[Zr+2].[c-]1cccc2c1Cc1ccccc1-2. The smallest absolute Gasteiger partial charge is 0.0253 e. The third kappa shape index (κ3) is 4.58. The van der Waals surface area contributed by atoms with Crippen LogP contribution in [-0.4, -0.2) is 4.21 Å². The maximum atomic E-state index is 3.34. The van der Waals surface area contributed by atoms with Crippen LogP contribution in [0.15, 0.2) is 60.7 Å². The molecule has 0 unspecified atom stereocenters. The van der Waals surface area contributed by atoms with E-state index in [1.54, 1.807) is 0 Å². The van der Waals surface area contributed by atoms with Crippen LogP contribution in [0.5, 0.6) is 0 Å². The van der Waals surface area contributed by atoms with E-state index in [0.717, 1.165) is 12.8 Å². The predicted molar refractivity (Wildman–Crippen MR) is 88.9 cm³/mol. The van der Waals surface area contributed by atoms with Gasteiger partial charge in [0.1, 0.15) is 0 Å². The van der Waals surface area contributed by atoms with Gasteiger partial charge in [-0.3, -0.25) is 6.08 Å². The number of hydrogen-bond donors (Lipinski definition) is 0. The molecule has 0 atom stereocenters. The first-order valence-electron chi connectivity index (χ1n) is 6.60. The molecule has 0 radical (unpaired) electrons. The molecule has 0 saturated carbocycles. The van der Waals surface area contributed by atoms with Gasteiger partial charge in [0, 0.05) is 0 Å². The van der Waals surface area contributed by atoms with Gasteiger partial charge < -0.3 is 0 Å². The third-order valence-electron chi connectivity index (χ3n) is 3.20. The summed E-state index contributed by atoms with van der Waals surface area (Å²) in [6.45, 7) is 0. The molecule has 0 saturated heterocycles. The number of fused-ring (bicyclic) bond motifs is 3. The normalized spacial score (nSPS) is 12.1. The van der Waals surface area contributed by atoms with Crippen LogP contribution >= 0.6 is 0 Å². The van der Waals surface area contributed by atoms with E-state index >= 15 is 0 Å². The fraction of sp³-hybridized carbons (Fsp3) is 0.150. The molecule has 0 aromatic heterocycles. The first kappa shape index (κ1) is 17.7. The van der Waals surface area contributed by atoms with Crippen molar-refractivity contribution in [2.45, 2.75) is 20.3 Å². The van der Waals surface area contributed by atoms with Gasteiger partial charge in [0.2, 0.25) is 0 Å². The van der Waals surface area contributed by atoms with Crippen LogP contribution in [0.4, 0.5) is 0 Å². The molecule has 0 spiro atoms. The van der Waals surface area contributed by atoms with E-state index in [2.05, 4.69) is 58.8 Å². The summed E-state index contributed by atoms with van der Waals surface area (Å²) in [5.74, 6) is 0.